The fourth-order valence-corrected chi connectivity index (χ4v) is 1.45. The average molecular weight is 233 g/mol. The second kappa shape index (κ2) is 4.82. The van der Waals surface area contributed by atoms with E-state index in [9.17, 15) is 4.79 Å². The molecular weight excluding hydrogens is 218 g/mol. The van der Waals surface area contributed by atoms with E-state index in [1.807, 2.05) is 13.8 Å². The van der Waals surface area contributed by atoms with E-state index in [-0.39, 0.29) is 18.5 Å². The Hall–Kier alpha value is -2.11. The first kappa shape index (κ1) is 11.4. The van der Waals surface area contributed by atoms with Gasteiger partial charge in [0, 0.05) is 18.3 Å². The molecule has 1 amide bonds. The lowest BCUT2D eigenvalue weighted by molar-refractivity contribution is -0.119. The molecule has 0 aliphatic heterocycles. The van der Waals surface area contributed by atoms with E-state index < -0.39 is 0 Å². The van der Waals surface area contributed by atoms with Gasteiger partial charge in [-0.05, 0) is 19.9 Å². The van der Waals surface area contributed by atoms with Gasteiger partial charge in [-0.2, -0.15) is 5.10 Å². The Kier molecular flexibility index (Phi) is 3.22. The smallest absolute Gasteiger partial charge is 0.239 e. The number of amides is 1. The predicted octanol–water partition coefficient (Wildman–Crippen LogP) is 0.666. The molecule has 2 heterocycles. The number of rotatable bonds is 4. The van der Waals surface area contributed by atoms with Crippen LogP contribution in [-0.4, -0.2) is 33.1 Å². The maximum atomic E-state index is 11.4. The van der Waals surface area contributed by atoms with Crippen molar-refractivity contribution in [3.63, 3.8) is 0 Å². The van der Waals surface area contributed by atoms with Crippen LogP contribution < -0.4 is 10.6 Å². The van der Waals surface area contributed by atoms with Gasteiger partial charge in [0.15, 0.2) is 5.65 Å². The first-order valence-corrected chi connectivity index (χ1v) is 5.49. The first-order chi connectivity index (χ1) is 8.15. The molecule has 0 saturated carbocycles. The third kappa shape index (κ3) is 2.93. The van der Waals surface area contributed by atoms with E-state index in [1.54, 1.807) is 29.0 Å². The number of hydrogen-bond donors (Lipinski definition) is 2. The monoisotopic (exact) mass is 233 g/mol. The van der Waals surface area contributed by atoms with Crippen LogP contribution in [0.3, 0.4) is 0 Å². The molecule has 2 rings (SSSR count). The second-order valence-electron chi connectivity index (χ2n) is 4.02. The van der Waals surface area contributed by atoms with Gasteiger partial charge in [-0.1, -0.05) is 0 Å². The van der Waals surface area contributed by atoms with Crippen molar-refractivity contribution in [3.8, 4) is 0 Å². The number of carbonyl (C=O) groups excluding carboxylic acids is 1. The van der Waals surface area contributed by atoms with E-state index in [4.69, 9.17) is 0 Å². The Morgan fingerprint density at radius 2 is 2.29 bits per heavy atom. The number of anilines is 1. The van der Waals surface area contributed by atoms with Gasteiger partial charge < -0.3 is 10.6 Å². The predicted molar refractivity (Wildman–Crippen MR) is 64.8 cm³/mol. The summed E-state index contributed by atoms with van der Waals surface area (Å²) in [4.78, 5) is 15.7. The van der Waals surface area contributed by atoms with Crippen molar-refractivity contribution < 1.29 is 4.79 Å². The van der Waals surface area contributed by atoms with Crippen LogP contribution in [0.2, 0.25) is 0 Å². The minimum atomic E-state index is -0.0461. The quantitative estimate of drug-likeness (QED) is 0.814. The highest BCUT2D eigenvalue weighted by molar-refractivity contribution is 5.80. The van der Waals surface area contributed by atoms with Crippen LogP contribution in [0.15, 0.2) is 24.5 Å². The zero-order valence-electron chi connectivity index (χ0n) is 9.84. The highest BCUT2D eigenvalue weighted by atomic mass is 16.1. The van der Waals surface area contributed by atoms with E-state index in [0.717, 1.165) is 5.65 Å². The lowest BCUT2D eigenvalue weighted by Gasteiger charge is -2.09. The molecule has 0 aliphatic carbocycles. The van der Waals surface area contributed by atoms with Gasteiger partial charge in [-0.25, -0.2) is 9.50 Å². The zero-order valence-corrected chi connectivity index (χ0v) is 9.84. The van der Waals surface area contributed by atoms with Gasteiger partial charge in [0.25, 0.3) is 0 Å². The van der Waals surface area contributed by atoms with Crippen molar-refractivity contribution in [3.05, 3.63) is 24.5 Å². The molecule has 2 aromatic heterocycles. The molecular formula is C11H15N5O. The van der Waals surface area contributed by atoms with Crippen molar-refractivity contribution in [2.45, 2.75) is 19.9 Å². The highest BCUT2D eigenvalue weighted by Crippen LogP contribution is 2.04. The molecule has 0 aliphatic rings. The fourth-order valence-electron chi connectivity index (χ4n) is 1.45. The van der Waals surface area contributed by atoms with E-state index in [0.29, 0.717) is 5.82 Å². The van der Waals surface area contributed by atoms with Gasteiger partial charge in [0.05, 0.1) is 12.7 Å². The molecule has 0 fully saturated rings. The molecule has 6 nitrogen and oxygen atoms in total. The van der Waals surface area contributed by atoms with E-state index >= 15 is 0 Å². The molecule has 0 aromatic carbocycles. The lowest BCUT2D eigenvalue weighted by Crippen LogP contribution is -2.34. The van der Waals surface area contributed by atoms with Crippen molar-refractivity contribution in [2.24, 2.45) is 0 Å². The highest BCUT2D eigenvalue weighted by Gasteiger charge is 2.03. The number of aromatic nitrogens is 3. The van der Waals surface area contributed by atoms with Crippen LogP contribution >= 0.6 is 0 Å². The Bertz CT molecular complexity index is 519. The Morgan fingerprint density at radius 3 is 3.06 bits per heavy atom. The SMILES string of the molecule is CC(C)NC(=O)CNc1ccn2nccc2n1. The molecule has 6 heteroatoms. The van der Waals surface area contributed by atoms with E-state index in [1.165, 1.54) is 0 Å². The lowest BCUT2D eigenvalue weighted by atomic mass is 10.4. The van der Waals surface area contributed by atoms with Crippen LogP contribution in [0.1, 0.15) is 13.8 Å². The summed E-state index contributed by atoms with van der Waals surface area (Å²) in [5.41, 5.74) is 0.749. The maximum Gasteiger partial charge on any atom is 0.239 e. The summed E-state index contributed by atoms with van der Waals surface area (Å²) in [6.07, 6.45) is 3.47. The van der Waals surface area contributed by atoms with Crippen molar-refractivity contribution in [1.82, 2.24) is 19.9 Å². The summed E-state index contributed by atoms with van der Waals surface area (Å²) >= 11 is 0. The van der Waals surface area contributed by atoms with Crippen LogP contribution in [0.4, 0.5) is 5.82 Å². The first-order valence-electron chi connectivity index (χ1n) is 5.49. The molecule has 0 spiro atoms. The molecule has 0 saturated heterocycles. The van der Waals surface area contributed by atoms with Crippen LogP contribution in [0, 0.1) is 0 Å². The van der Waals surface area contributed by atoms with Crippen LogP contribution in [0.5, 0.6) is 0 Å². The number of fused-ring (bicyclic) bond motifs is 1. The summed E-state index contributed by atoms with van der Waals surface area (Å²) in [6.45, 7) is 4.07. The van der Waals surface area contributed by atoms with Crippen LogP contribution in [0.25, 0.3) is 5.65 Å². The Balaban J connectivity index is 1.96. The fraction of sp³-hybridized carbons (Fsp3) is 0.364. The summed E-state index contributed by atoms with van der Waals surface area (Å²) in [5, 5.41) is 9.81. The minimum Gasteiger partial charge on any atom is -0.361 e. The van der Waals surface area contributed by atoms with Crippen molar-refractivity contribution in [2.75, 3.05) is 11.9 Å². The normalized spacial score (nSPS) is 10.8. The van der Waals surface area contributed by atoms with E-state index in [2.05, 4.69) is 20.7 Å². The molecule has 2 N–H and O–H groups in total. The molecule has 0 unspecified atom stereocenters. The molecule has 2 aromatic rings. The Morgan fingerprint density at radius 1 is 1.47 bits per heavy atom. The van der Waals surface area contributed by atoms with Gasteiger partial charge in [-0.3, -0.25) is 4.79 Å². The largest absolute Gasteiger partial charge is 0.361 e. The number of hydrogen-bond acceptors (Lipinski definition) is 4. The molecule has 90 valence electrons. The maximum absolute atomic E-state index is 11.4. The topological polar surface area (TPSA) is 71.3 Å². The molecule has 0 bridgehead atoms. The summed E-state index contributed by atoms with van der Waals surface area (Å²) in [7, 11) is 0. The summed E-state index contributed by atoms with van der Waals surface area (Å²) in [5.74, 6) is 0.618. The van der Waals surface area contributed by atoms with Crippen molar-refractivity contribution >= 4 is 17.4 Å². The van der Waals surface area contributed by atoms with Crippen LogP contribution in [-0.2, 0) is 4.79 Å². The molecule has 0 atom stereocenters. The second-order valence-corrected chi connectivity index (χ2v) is 4.02. The van der Waals surface area contributed by atoms with Crippen molar-refractivity contribution in [1.29, 1.82) is 0 Å². The number of nitrogens with zero attached hydrogens (tertiary/aromatic N) is 3. The minimum absolute atomic E-state index is 0.0461. The zero-order chi connectivity index (χ0) is 12.3. The number of carbonyl (C=O) groups is 1. The van der Waals surface area contributed by atoms with Gasteiger partial charge in [-0.15, -0.1) is 0 Å². The number of nitrogens with one attached hydrogen (secondary N) is 2. The van der Waals surface area contributed by atoms with Gasteiger partial charge in [0.2, 0.25) is 5.91 Å². The standard InChI is InChI=1S/C11H15N5O/c1-8(2)14-11(17)7-12-9-4-6-16-10(15-9)3-5-13-16/h3-6,8H,7H2,1-2H3,(H,12,15)(H,14,17). The summed E-state index contributed by atoms with van der Waals surface area (Å²) in [6, 6.07) is 3.73. The summed E-state index contributed by atoms with van der Waals surface area (Å²) < 4.78 is 1.67. The van der Waals surface area contributed by atoms with Gasteiger partial charge >= 0.3 is 0 Å². The van der Waals surface area contributed by atoms with Gasteiger partial charge in [0.1, 0.15) is 5.82 Å². The molecule has 0 radical (unpaired) electrons. The Labute approximate surface area is 99.0 Å². The molecule has 17 heavy (non-hydrogen) atoms. The average Bonchev–Trinajstić information content (AvgIpc) is 2.72. The third-order valence-electron chi connectivity index (χ3n) is 2.14. The third-order valence-corrected chi connectivity index (χ3v) is 2.14.